The number of phenols is 1. The maximum absolute atomic E-state index is 13.4. The highest BCUT2D eigenvalue weighted by Gasteiger charge is 2.40. The molecule has 4 amide bonds. The van der Waals surface area contributed by atoms with Gasteiger partial charge < -0.3 is 38.4 Å². The van der Waals surface area contributed by atoms with E-state index in [2.05, 4.69) is 10.3 Å². The van der Waals surface area contributed by atoms with Crippen molar-refractivity contribution in [3.8, 4) is 11.5 Å². The standard InChI is InChI=1S/C29H27BN2O7.C22H20N2O5/c33-28(32-24(19-38-29(32)34)16-20-5-2-1-3-6-20)17-26(27-13-14-39-31-27)22-9-11-25(12-10-22)37-18-21-7-4-8-23(15-21)30(35)36;25-18-8-6-16(7-9-18)19(20-10-11-29-23-20)13-21(26)24-17(14-28-22(24)27)12-15-4-2-1-3-5-15/h1-15,24,26,35-36H,16-19H2;1-11,17,19,25H,12-14H2/t24-,26-;17-,19-/m00/s1. The van der Waals surface area contributed by atoms with Crippen LogP contribution in [0.15, 0.2) is 167 Å². The smallest absolute Gasteiger partial charge is 0.488 e. The van der Waals surface area contributed by atoms with Crippen molar-refractivity contribution in [2.45, 2.75) is 56.2 Å². The summed E-state index contributed by atoms with van der Waals surface area (Å²) in [5, 5.41) is 36.3. The fourth-order valence-corrected chi connectivity index (χ4v) is 8.25. The molecule has 2 aromatic heterocycles. The van der Waals surface area contributed by atoms with E-state index in [1.54, 1.807) is 66.7 Å². The Kier molecular flexibility index (Phi) is 15.0. The van der Waals surface area contributed by atoms with Crippen molar-refractivity contribution >= 4 is 36.6 Å². The molecule has 5 aromatic carbocycles. The number of cyclic esters (lactones) is 2. The molecule has 2 aliphatic rings. The first-order chi connectivity index (χ1) is 33.1. The summed E-state index contributed by atoms with van der Waals surface area (Å²) in [4.78, 5) is 53.8. The summed E-state index contributed by atoms with van der Waals surface area (Å²) in [5.41, 5.74) is 5.97. The molecule has 0 saturated carbocycles. The number of carbonyl (C=O) groups excluding carboxylic acids is 4. The molecule has 4 atom stereocenters. The second-order valence-electron chi connectivity index (χ2n) is 16.3. The molecule has 0 spiro atoms. The Morgan fingerprint density at radius 3 is 1.54 bits per heavy atom. The number of aromatic hydroxyl groups is 1. The lowest BCUT2D eigenvalue weighted by Crippen LogP contribution is -2.40. The van der Waals surface area contributed by atoms with Crippen molar-refractivity contribution in [3.05, 3.63) is 197 Å². The molecule has 2 aliphatic heterocycles. The van der Waals surface area contributed by atoms with Crippen LogP contribution in [0.2, 0.25) is 0 Å². The average molecular weight is 919 g/mol. The molecule has 4 heterocycles. The molecule has 0 bridgehead atoms. The summed E-state index contributed by atoms with van der Waals surface area (Å²) in [6.45, 7) is 0.568. The van der Waals surface area contributed by atoms with Crippen LogP contribution in [0, 0.1) is 0 Å². The Hall–Kier alpha value is -8.02. The lowest BCUT2D eigenvalue weighted by atomic mass is 9.80. The summed E-state index contributed by atoms with van der Waals surface area (Å²) in [6, 6.07) is 42.7. The first-order valence-electron chi connectivity index (χ1n) is 21.9. The van der Waals surface area contributed by atoms with Crippen molar-refractivity contribution in [3.63, 3.8) is 0 Å². The number of hydrogen-bond donors (Lipinski definition) is 3. The Morgan fingerprint density at radius 1 is 0.618 bits per heavy atom. The predicted octanol–water partition coefficient (Wildman–Crippen LogP) is 6.54. The molecule has 346 valence electrons. The Bertz CT molecular complexity index is 2740. The quantitative estimate of drug-likeness (QED) is 0.0879. The monoisotopic (exact) mass is 918 g/mol. The van der Waals surface area contributed by atoms with Crippen LogP contribution < -0.4 is 10.2 Å². The van der Waals surface area contributed by atoms with Crippen molar-refractivity contribution in [1.82, 2.24) is 20.1 Å². The van der Waals surface area contributed by atoms with Crippen LogP contribution in [-0.2, 0) is 38.5 Å². The minimum atomic E-state index is -1.54. The molecule has 2 fully saturated rings. The number of rotatable bonds is 16. The van der Waals surface area contributed by atoms with Gasteiger partial charge in [-0.05, 0) is 70.4 Å². The number of phenolic OH excluding ortho intramolecular Hbond substituents is 1. The van der Waals surface area contributed by atoms with E-state index >= 15 is 0 Å². The van der Waals surface area contributed by atoms with Crippen LogP contribution in [0.3, 0.4) is 0 Å². The minimum Gasteiger partial charge on any atom is -0.508 e. The summed E-state index contributed by atoms with van der Waals surface area (Å²) in [7, 11) is -1.54. The van der Waals surface area contributed by atoms with E-state index in [0.717, 1.165) is 27.8 Å². The van der Waals surface area contributed by atoms with Crippen LogP contribution in [-0.4, -0.2) is 91.7 Å². The fraction of sp³-hybridized carbons (Fsp3) is 0.216. The van der Waals surface area contributed by atoms with E-state index in [4.69, 9.17) is 23.3 Å². The SMILES string of the molecule is O=C(C[C@@H](c1ccc(O)cc1)c1ccon1)N1C(=O)OC[C@@H]1Cc1ccccc1.O=C(C[C@@H](c1ccc(OCc2cccc(B(O)O)c2)cc1)c1ccon1)N1C(=O)OC[C@@H]1Cc1ccccc1. The fourth-order valence-electron chi connectivity index (χ4n) is 8.25. The van der Waals surface area contributed by atoms with Gasteiger partial charge in [-0.25, -0.2) is 19.4 Å². The maximum atomic E-state index is 13.4. The lowest BCUT2D eigenvalue weighted by molar-refractivity contribution is -0.130. The number of carbonyl (C=O) groups is 4. The summed E-state index contributed by atoms with van der Waals surface area (Å²) in [5.74, 6) is -0.811. The van der Waals surface area contributed by atoms with Crippen LogP contribution in [0.25, 0.3) is 0 Å². The second-order valence-corrected chi connectivity index (χ2v) is 16.3. The highest BCUT2D eigenvalue weighted by molar-refractivity contribution is 6.58. The van der Waals surface area contributed by atoms with Crippen LogP contribution in [0.5, 0.6) is 11.5 Å². The minimum absolute atomic E-state index is 0.00338. The van der Waals surface area contributed by atoms with Gasteiger partial charge in [0.25, 0.3) is 0 Å². The van der Waals surface area contributed by atoms with Gasteiger partial charge in [0.05, 0.1) is 23.5 Å². The van der Waals surface area contributed by atoms with Crippen molar-refractivity contribution in [1.29, 1.82) is 0 Å². The van der Waals surface area contributed by atoms with Gasteiger partial charge in [0.2, 0.25) is 11.8 Å². The Labute approximate surface area is 391 Å². The van der Waals surface area contributed by atoms with E-state index in [1.807, 2.05) is 78.9 Å². The highest BCUT2D eigenvalue weighted by atomic mass is 16.6. The number of hydrogen-bond acceptors (Lipinski definition) is 14. The van der Waals surface area contributed by atoms with Crippen LogP contribution in [0.4, 0.5) is 9.59 Å². The summed E-state index contributed by atoms with van der Waals surface area (Å²) >= 11 is 0. The van der Waals surface area contributed by atoms with Crippen LogP contribution in [0.1, 0.15) is 63.9 Å². The molecule has 0 radical (unpaired) electrons. The average Bonchev–Trinajstić information content (AvgIpc) is 4.21. The first kappa shape index (κ1) is 46.5. The van der Waals surface area contributed by atoms with Crippen molar-refractivity contribution in [2.75, 3.05) is 13.2 Å². The maximum Gasteiger partial charge on any atom is 0.488 e. The van der Waals surface area contributed by atoms with Gasteiger partial charge >= 0.3 is 19.3 Å². The molecular weight excluding hydrogens is 871 g/mol. The molecule has 2 saturated heterocycles. The van der Waals surface area contributed by atoms with Gasteiger partial charge in [-0.3, -0.25) is 9.59 Å². The van der Waals surface area contributed by atoms with Gasteiger partial charge in [-0.1, -0.05) is 120 Å². The molecule has 9 rings (SSSR count). The van der Waals surface area contributed by atoms with E-state index in [0.29, 0.717) is 35.4 Å². The van der Waals surface area contributed by atoms with E-state index < -0.39 is 31.1 Å². The third-order valence-corrected chi connectivity index (χ3v) is 11.7. The third kappa shape index (κ3) is 11.7. The first-order valence-corrected chi connectivity index (χ1v) is 21.9. The predicted molar refractivity (Wildman–Crippen MR) is 245 cm³/mol. The van der Waals surface area contributed by atoms with E-state index in [-0.39, 0.29) is 62.3 Å². The molecule has 7 aromatic rings. The lowest BCUT2D eigenvalue weighted by Gasteiger charge is -2.22. The zero-order valence-electron chi connectivity index (χ0n) is 36.7. The molecule has 17 heteroatoms. The number of imide groups is 2. The van der Waals surface area contributed by atoms with Gasteiger partial charge in [0, 0.05) is 36.8 Å². The van der Waals surface area contributed by atoms with Crippen molar-refractivity contribution < 1.29 is 57.6 Å². The zero-order valence-corrected chi connectivity index (χ0v) is 36.7. The normalized spacial score (nSPS) is 16.3. The highest BCUT2D eigenvalue weighted by Crippen LogP contribution is 2.33. The Morgan fingerprint density at radius 2 is 1.09 bits per heavy atom. The molecule has 68 heavy (non-hydrogen) atoms. The summed E-state index contributed by atoms with van der Waals surface area (Å²) in [6.07, 6.45) is 2.70. The number of benzene rings is 5. The van der Waals surface area contributed by atoms with Gasteiger partial charge in [0.1, 0.15) is 43.8 Å². The van der Waals surface area contributed by atoms with Crippen molar-refractivity contribution in [2.24, 2.45) is 0 Å². The summed E-state index contributed by atoms with van der Waals surface area (Å²) < 4.78 is 26.3. The van der Waals surface area contributed by atoms with Gasteiger partial charge in [-0.15, -0.1) is 0 Å². The molecular formula is C51H47BN4O12. The van der Waals surface area contributed by atoms with Gasteiger partial charge in [-0.2, -0.15) is 0 Å². The molecule has 0 unspecified atom stereocenters. The largest absolute Gasteiger partial charge is 0.508 e. The Balaban J connectivity index is 0.000000192. The number of nitrogens with zero attached hydrogens (tertiary/aromatic N) is 4. The number of aromatic nitrogens is 2. The molecule has 0 aliphatic carbocycles. The zero-order chi connectivity index (χ0) is 47.4. The second kappa shape index (κ2) is 22.0. The molecule has 3 N–H and O–H groups in total. The van der Waals surface area contributed by atoms with E-state index in [1.165, 1.54) is 22.3 Å². The van der Waals surface area contributed by atoms with Gasteiger partial charge in [0.15, 0.2) is 0 Å². The number of amides is 4. The molecule has 16 nitrogen and oxygen atoms in total. The van der Waals surface area contributed by atoms with Crippen LogP contribution >= 0.6 is 0 Å². The van der Waals surface area contributed by atoms with E-state index in [9.17, 15) is 34.3 Å². The third-order valence-electron chi connectivity index (χ3n) is 11.7. The number of ether oxygens (including phenoxy) is 3. The topological polar surface area (TPSA) is 215 Å².